The van der Waals surface area contributed by atoms with Crippen LogP contribution in [-0.2, 0) is 6.18 Å². The minimum absolute atomic E-state index is 0.202. The number of oxazole rings is 1. The molecule has 1 N–H and O–H groups in total. The smallest absolute Gasteiger partial charge is 0.417 e. The van der Waals surface area contributed by atoms with Gasteiger partial charge in [0.1, 0.15) is 5.51 Å². The summed E-state index contributed by atoms with van der Waals surface area (Å²) in [5.41, 5.74) is -0.0447. The fraction of sp³-hybridized carbons (Fsp3) is 0.0769. The number of anilines is 1. The molecule has 0 atom stereocenters. The van der Waals surface area contributed by atoms with Crippen molar-refractivity contribution in [3.63, 3.8) is 0 Å². The number of rotatable bonds is 3. The molecule has 6 nitrogen and oxygen atoms in total. The summed E-state index contributed by atoms with van der Waals surface area (Å²) in [4.78, 5) is 15.9. The van der Waals surface area contributed by atoms with Gasteiger partial charge in [-0.25, -0.2) is 4.98 Å². The van der Waals surface area contributed by atoms with E-state index in [4.69, 9.17) is 4.42 Å². The van der Waals surface area contributed by atoms with Crippen LogP contribution in [-0.4, -0.2) is 21.1 Å². The number of benzene rings is 1. The molecule has 0 spiro atoms. The van der Waals surface area contributed by atoms with Crippen LogP contribution in [0.5, 0.6) is 0 Å². The molecule has 0 saturated carbocycles. The van der Waals surface area contributed by atoms with Crippen molar-refractivity contribution < 1.29 is 22.4 Å². The lowest BCUT2D eigenvalue weighted by molar-refractivity contribution is -0.137. The molecule has 3 aromatic rings. The van der Waals surface area contributed by atoms with Crippen molar-refractivity contribution in [3.05, 3.63) is 47.4 Å². The van der Waals surface area contributed by atoms with Gasteiger partial charge in [-0.2, -0.15) is 13.2 Å². The number of halogens is 3. The molecule has 0 radical (unpaired) electrons. The second-order valence-electron chi connectivity index (χ2n) is 4.27. The Balaban J connectivity index is 2.01. The van der Waals surface area contributed by atoms with Gasteiger partial charge >= 0.3 is 6.18 Å². The summed E-state index contributed by atoms with van der Waals surface area (Å²) in [6.45, 7) is 0. The first-order valence-corrected chi connectivity index (χ1v) is 7.02. The molecule has 118 valence electrons. The SMILES string of the molecule is O=C(Nc1nncs1)c1ncoc1-c1ccccc1C(F)(F)F. The lowest BCUT2D eigenvalue weighted by atomic mass is 10.0. The van der Waals surface area contributed by atoms with Crippen molar-refractivity contribution in [2.75, 3.05) is 5.32 Å². The molecule has 0 aliphatic carbocycles. The summed E-state index contributed by atoms with van der Waals surface area (Å²) in [5, 5.41) is 9.77. The summed E-state index contributed by atoms with van der Waals surface area (Å²) < 4.78 is 44.3. The highest BCUT2D eigenvalue weighted by atomic mass is 32.1. The van der Waals surface area contributed by atoms with E-state index in [1.807, 2.05) is 0 Å². The maximum Gasteiger partial charge on any atom is 0.417 e. The molecule has 10 heteroatoms. The van der Waals surface area contributed by atoms with E-state index < -0.39 is 17.6 Å². The van der Waals surface area contributed by atoms with E-state index in [0.717, 1.165) is 23.8 Å². The number of carbonyl (C=O) groups excluding carboxylic acids is 1. The van der Waals surface area contributed by atoms with Crippen LogP contribution in [0.3, 0.4) is 0 Å². The van der Waals surface area contributed by atoms with E-state index in [1.54, 1.807) is 0 Å². The van der Waals surface area contributed by atoms with E-state index in [1.165, 1.54) is 23.7 Å². The number of carbonyl (C=O) groups is 1. The fourth-order valence-corrected chi connectivity index (χ4v) is 2.35. The zero-order chi connectivity index (χ0) is 16.4. The summed E-state index contributed by atoms with van der Waals surface area (Å²) >= 11 is 1.07. The summed E-state index contributed by atoms with van der Waals surface area (Å²) in [5.74, 6) is -0.998. The van der Waals surface area contributed by atoms with Crippen molar-refractivity contribution in [2.24, 2.45) is 0 Å². The van der Waals surface area contributed by atoms with Crippen molar-refractivity contribution in [2.45, 2.75) is 6.18 Å². The topological polar surface area (TPSA) is 80.9 Å². The predicted octanol–water partition coefficient (Wildman–Crippen LogP) is 3.46. The van der Waals surface area contributed by atoms with Gasteiger partial charge in [-0.1, -0.05) is 29.5 Å². The first-order chi connectivity index (χ1) is 11.0. The molecule has 0 aliphatic heterocycles. The Morgan fingerprint density at radius 2 is 2.04 bits per heavy atom. The molecule has 0 saturated heterocycles. The minimum Gasteiger partial charge on any atom is -0.443 e. The second kappa shape index (κ2) is 5.80. The standard InChI is InChI=1S/C13H7F3N4O2S/c14-13(15,16)8-4-2-1-3-7(8)10-9(17-5-22-10)11(21)19-12-20-18-6-23-12/h1-6H,(H,19,20,21). The third-order valence-corrected chi connectivity index (χ3v) is 3.45. The number of hydrogen-bond donors (Lipinski definition) is 1. The molecule has 1 amide bonds. The quantitative estimate of drug-likeness (QED) is 0.790. The molecule has 0 aliphatic rings. The van der Waals surface area contributed by atoms with Gasteiger partial charge in [-0.15, -0.1) is 10.2 Å². The van der Waals surface area contributed by atoms with Crippen molar-refractivity contribution in [3.8, 4) is 11.3 Å². The van der Waals surface area contributed by atoms with Crippen LogP contribution in [0.1, 0.15) is 16.1 Å². The van der Waals surface area contributed by atoms with Crippen LogP contribution in [0, 0.1) is 0 Å². The zero-order valence-electron chi connectivity index (χ0n) is 11.2. The van der Waals surface area contributed by atoms with Crippen molar-refractivity contribution in [1.29, 1.82) is 0 Å². The summed E-state index contributed by atoms with van der Waals surface area (Å²) in [6, 6.07) is 4.79. The van der Waals surface area contributed by atoms with E-state index in [9.17, 15) is 18.0 Å². The van der Waals surface area contributed by atoms with Crippen molar-refractivity contribution >= 4 is 22.4 Å². The lowest BCUT2D eigenvalue weighted by Crippen LogP contribution is -2.14. The van der Waals surface area contributed by atoms with E-state index in [2.05, 4.69) is 20.5 Å². The Morgan fingerprint density at radius 3 is 2.74 bits per heavy atom. The predicted molar refractivity (Wildman–Crippen MR) is 74.8 cm³/mol. The van der Waals surface area contributed by atoms with Gasteiger partial charge < -0.3 is 4.42 Å². The molecule has 3 rings (SSSR count). The largest absolute Gasteiger partial charge is 0.443 e. The Kier molecular flexibility index (Phi) is 3.82. The molecule has 2 aromatic heterocycles. The van der Waals surface area contributed by atoms with Gasteiger partial charge in [-0.05, 0) is 6.07 Å². The fourth-order valence-electron chi connectivity index (χ4n) is 1.91. The highest BCUT2D eigenvalue weighted by Gasteiger charge is 2.35. The molecule has 0 fully saturated rings. The monoisotopic (exact) mass is 340 g/mol. The molecule has 0 unspecified atom stereocenters. The number of amides is 1. The molecular weight excluding hydrogens is 333 g/mol. The second-order valence-corrected chi connectivity index (χ2v) is 5.10. The third kappa shape index (κ3) is 3.06. The number of hydrogen-bond acceptors (Lipinski definition) is 6. The average molecular weight is 340 g/mol. The van der Waals surface area contributed by atoms with E-state index in [0.29, 0.717) is 0 Å². The maximum absolute atomic E-state index is 13.1. The Morgan fingerprint density at radius 1 is 1.26 bits per heavy atom. The van der Waals surface area contributed by atoms with Crippen molar-refractivity contribution in [1.82, 2.24) is 15.2 Å². The van der Waals surface area contributed by atoms with Crippen LogP contribution in [0.25, 0.3) is 11.3 Å². The third-order valence-electron chi connectivity index (χ3n) is 2.84. The molecule has 0 bridgehead atoms. The minimum atomic E-state index is -4.59. The van der Waals surface area contributed by atoms with Gasteiger partial charge in [-0.3, -0.25) is 10.1 Å². The molecule has 1 aromatic carbocycles. The van der Waals surface area contributed by atoms with Gasteiger partial charge in [0.15, 0.2) is 17.8 Å². The number of alkyl halides is 3. The highest BCUT2D eigenvalue weighted by molar-refractivity contribution is 7.13. The first kappa shape index (κ1) is 15.2. The van der Waals surface area contributed by atoms with Crippen LogP contribution < -0.4 is 5.32 Å². The number of nitrogens with one attached hydrogen (secondary N) is 1. The van der Waals surface area contributed by atoms with Crippen LogP contribution >= 0.6 is 11.3 Å². The Labute approximate surface area is 131 Å². The average Bonchev–Trinajstić information content (AvgIpc) is 3.17. The first-order valence-electron chi connectivity index (χ1n) is 6.14. The highest BCUT2D eigenvalue weighted by Crippen LogP contribution is 2.38. The summed E-state index contributed by atoms with van der Waals surface area (Å²) in [6.07, 6.45) is -3.67. The van der Waals surface area contributed by atoms with Crippen LogP contribution in [0.15, 0.2) is 40.6 Å². The van der Waals surface area contributed by atoms with Crippen LogP contribution in [0.2, 0.25) is 0 Å². The van der Waals surface area contributed by atoms with Gasteiger partial charge in [0.05, 0.1) is 5.56 Å². The molecule has 23 heavy (non-hydrogen) atoms. The van der Waals surface area contributed by atoms with Gasteiger partial charge in [0.25, 0.3) is 5.91 Å². The number of aromatic nitrogens is 3. The van der Waals surface area contributed by atoms with E-state index in [-0.39, 0.29) is 22.1 Å². The Bertz CT molecular complexity index is 830. The molecular formula is C13H7F3N4O2S. The van der Waals surface area contributed by atoms with Crippen LogP contribution in [0.4, 0.5) is 18.3 Å². The maximum atomic E-state index is 13.1. The van der Waals surface area contributed by atoms with Gasteiger partial charge in [0, 0.05) is 5.56 Å². The van der Waals surface area contributed by atoms with Gasteiger partial charge in [0.2, 0.25) is 5.13 Å². The molecule has 2 heterocycles. The normalized spacial score (nSPS) is 11.4. The number of nitrogens with zero attached hydrogens (tertiary/aromatic N) is 3. The lowest BCUT2D eigenvalue weighted by Gasteiger charge is -2.11. The Hall–Kier alpha value is -2.75. The zero-order valence-corrected chi connectivity index (χ0v) is 12.0. The van der Waals surface area contributed by atoms with E-state index >= 15 is 0 Å². The summed E-state index contributed by atoms with van der Waals surface area (Å²) in [7, 11) is 0.